The zero-order valence-corrected chi connectivity index (χ0v) is 10.7. The first-order chi connectivity index (χ1) is 8.83. The van der Waals surface area contributed by atoms with Crippen molar-refractivity contribution in [2.24, 2.45) is 0 Å². The van der Waals surface area contributed by atoms with Crippen LogP contribution in [0.3, 0.4) is 0 Å². The molecule has 0 aliphatic carbocycles. The van der Waals surface area contributed by atoms with Crippen molar-refractivity contribution in [1.29, 1.82) is 5.26 Å². The molecule has 1 aromatic carbocycles. The summed E-state index contributed by atoms with van der Waals surface area (Å²) in [5.41, 5.74) is 1.76. The molecule has 96 valence electrons. The predicted octanol–water partition coefficient (Wildman–Crippen LogP) is 1.79. The van der Waals surface area contributed by atoms with Crippen LogP contribution < -0.4 is 4.74 Å². The molecule has 0 saturated carbocycles. The Labute approximate surface area is 108 Å². The van der Waals surface area contributed by atoms with E-state index in [2.05, 4.69) is 11.0 Å². The molecule has 2 rings (SSSR count). The Morgan fingerprint density at radius 3 is 3.06 bits per heavy atom. The van der Waals surface area contributed by atoms with Crippen LogP contribution in [0.1, 0.15) is 17.5 Å². The van der Waals surface area contributed by atoms with Gasteiger partial charge < -0.3 is 9.47 Å². The molecule has 1 aliphatic rings. The summed E-state index contributed by atoms with van der Waals surface area (Å²) in [6.45, 7) is 4.55. The van der Waals surface area contributed by atoms with Crippen LogP contribution in [0.4, 0.5) is 0 Å². The molecule has 0 unspecified atom stereocenters. The van der Waals surface area contributed by atoms with Gasteiger partial charge in [-0.3, -0.25) is 4.90 Å². The highest BCUT2D eigenvalue weighted by Gasteiger charge is 2.11. The molecule has 1 aromatic rings. The first kappa shape index (κ1) is 12.9. The van der Waals surface area contributed by atoms with Gasteiger partial charge in [-0.25, -0.2) is 0 Å². The highest BCUT2D eigenvalue weighted by Crippen LogP contribution is 2.20. The van der Waals surface area contributed by atoms with Gasteiger partial charge in [0.15, 0.2) is 0 Å². The lowest BCUT2D eigenvalue weighted by molar-refractivity contribution is 0.140. The Kier molecular flexibility index (Phi) is 4.57. The fourth-order valence-corrected chi connectivity index (χ4v) is 2.14. The van der Waals surface area contributed by atoms with Gasteiger partial charge in [0.1, 0.15) is 11.8 Å². The van der Waals surface area contributed by atoms with Gasteiger partial charge in [0.25, 0.3) is 0 Å². The minimum absolute atomic E-state index is 0.584. The van der Waals surface area contributed by atoms with Crippen molar-refractivity contribution in [2.45, 2.75) is 13.0 Å². The summed E-state index contributed by atoms with van der Waals surface area (Å²) in [6.07, 6.45) is 1.08. The topological polar surface area (TPSA) is 45.5 Å². The molecule has 4 heteroatoms. The van der Waals surface area contributed by atoms with Crippen LogP contribution in [0.25, 0.3) is 0 Å². The Morgan fingerprint density at radius 2 is 2.28 bits per heavy atom. The van der Waals surface area contributed by atoms with Gasteiger partial charge in [-0.1, -0.05) is 6.07 Å². The molecule has 0 bridgehead atoms. The molecule has 1 heterocycles. The number of nitrogens with zero attached hydrogens (tertiary/aromatic N) is 2. The molecule has 1 aliphatic heterocycles. The molecule has 1 saturated heterocycles. The maximum absolute atomic E-state index is 8.94. The minimum atomic E-state index is 0.584. The number of hydrogen-bond acceptors (Lipinski definition) is 4. The summed E-state index contributed by atoms with van der Waals surface area (Å²) in [5, 5.41) is 8.94. The van der Waals surface area contributed by atoms with Gasteiger partial charge >= 0.3 is 0 Å². The Hall–Kier alpha value is -1.57. The third-order valence-corrected chi connectivity index (χ3v) is 3.11. The van der Waals surface area contributed by atoms with E-state index in [-0.39, 0.29) is 0 Å². The normalized spacial score (nSPS) is 16.9. The molecule has 18 heavy (non-hydrogen) atoms. The summed E-state index contributed by atoms with van der Waals surface area (Å²) >= 11 is 0. The molecule has 0 atom stereocenters. The highest BCUT2D eigenvalue weighted by molar-refractivity contribution is 5.45. The smallest absolute Gasteiger partial charge is 0.136 e. The van der Waals surface area contributed by atoms with E-state index in [9.17, 15) is 0 Å². The van der Waals surface area contributed by atoms with Crippen molar-refractivity contribution >= 4 is 0 Å². The summed E-state index contributed by atoms with van der Waals surface area (Å²) in [4.78, 5) is 2.37. The molecule has 0 amide bonds. The number of nitriles is 1. The summed E-state index contributed by atoms with van der Waals surface area (Å²) in [7, 11) is 1.60. The van der Waals surface area contributed by atoms with E-state index in [0.29, 0.717) is 11.3 Å². The number of hydrogen-bond donors (Lipinski definition) is 0. The quantitative estimate of drug-likeness (QED) is 0.815. The average molecular weight is 246 g/mol. The second kappa shape index (κ2) is 6.39. The van der Waals surface area contributed by atoms with Gasteiger partial charge in [0.05, 0.1) is 19.3 Å². The fraction of sp³-hybridized carbons (Fsp3) is 0.500. The molecular weight excluding hydrogens is 228 g/mol. The molecule has 0 N–H and O–H groups in total. The second-order valence-electron chi connectivity index (χ2n) is 4.39. The van der Waals surface area contributed by atoms with Crippen molar-refractivity contribution in [3.63, 3.8) is 0 Å². The SMILES string of the molecule is COc1cc(CN2CCCOCC2)ccc1C#N. The third-order valence-electron chi connectivity index (χ3n) is 3.11. The van der Waals surface area contributed by atoms with E-state index in [1.165, 1.54) is 5.56 Å². The van der Waals surface area contributed by atoms with Crippen LogP contribution in [0, 0.1) is 11.3 Å². The standard InChI is InChI=1S/C14H18N2O2/c1-17-14-9-12(3-4-13(14)10-15)11-16-5-2-7-18-8-6-16/h3-4,9H,2,5-8,11H2,1H3. The monoisotopic (exact) mass is 246 g/mol. The van der Waals surface area contributed by atoms with E-state index < -0.39 is 0 Å². The largest absolute Gasteiger partial charge is 0.495 e. The van der Waals surface area contributed by atoms with Gasteiger partial charge in [0.2, 0.25) is 0 Å². The van der Waals surface area contributed by atoms with Gasteiger partial charge in [-0.2, -0.15) is 5.26 Å². The lowest BCUT2D eigenvalue weighted by atomic mass is 10.1. The zero-order chi connectivity index (χ0) is 12.8. The van der Waals surface area contributed by atoms with Crippen molar-refractivity contribution in [3.05, 3.63) is 29.3 Å². The lowest BCUT2D eigenvalue weighted by Crippen LogP contribution is -2.25. The van der Waals surface area contributed by atoms with Crippen molar-refractivity contribution in [3.8, 4) is 11.8 Å². The molecule has 0 spiro atoms. The molecule has 0 aromatic heterocycles. The molecule has 1 fully saturated rings. The Balaban J connectivity index is 2.06. The molecule has 0 radical (unpaired) electrons. The maximum atomic E-state index is 8.94. The summed E-state index contributed by atoms with van der Waals surface area (Å²) < 4.78 is 10.7. The van der Waals surface area contributed by atoms with Crippen LogP contribution >= 0.6 is 0 Å². The molecular formula is C14H18N2O2. The number of benzene rings is 1. The third kappa shape index (κ3) is 3.22. The van der Waals surface area contributed by atoms with E-state index in [1.807, 2.05) is 18.2 Å². The van der Waals surface area contributed by atoms with E-state index in [0.717, 1.165) is 39.3 Å². The Bertz CT molecular complexity index is 432. The fourth-order valence-electron chi connectivity index (χ4n) is 2.14. The van der Waals surface area contributed by atoms with Crippen LogP contribution in [0.5, 0.6) is 5.75 Å². The van der Waals surface area contributed by atoms with Crippen LogP contribution in [0.2, 0.25) is 0 Å². The van der Waals surface area contributed by atoms with E-state index in [1.54, 1.807) is 7.11 Å². The van der Waals surface area contributed by atoms with Gasteiger partial charge in [-0.05, 0) is 24.1 Å². The minimum Gasteiger partial charge on any atom is -0.495 e. The zero-order valence-electron chi connectivity index (χ0n) is 10.7. The summed E-state index contributed by atoms with van der Waals surface area (Å²) in [6, 6.07) is 7.89. The second-order valence-corrected chi connectivity index (χ2v) is 4.39. The van der Waals surface area contributed by atoms with E-state index in [4.69, 9.17) is 14.7 Å². The van der Waals surface area contributed by atoms with Crippen LogP contribution in [0.15, 0.2) is 18.2 Å². The first-order valence-corrected chi connectivity index (χ1v) is 6.20. The van der Waals surface area contributed by atoms with Gasteiger partial charge in [-0.15, -0.1) is 0 Å². The van der Waals surface area contributed by atoms with E-state index >= 15 is 0 Å². The first-order valence-electron chi connectivity index (χ1n) is 6.20. The van der Waals surface area contributed by atoms with Crippen molar-refractivity contribution in [1.82, 2.24) is 4.90 Å². The van der Waals surface area contributed by atoms with Crippen LogP contribution in [-0.2, 0) is 11.3 Å². The lowest BCUT2D eigenvalue weighted by Gasteiger charge is -2.19. The predicted molar refractivity (Wildman–Crippen MR) is 68.4 cm³/mol. The summed E-state index contributed by atoms with van der Waals surface area (Å²) in [5.74, 6) is 0.654. The number of methoxy groups -OCH3 is 1. The molecule has 4 nitrogen and oxygen atoms in total. The van der Waals surface area contributed by atoms with Crippen molar-refractivity contribution < 1.29 is 9.47 Å². The maximum Gasteiger partial charge on any atom is 0.136 e. The number of rotatable bonds is 3. The highest BCUT2D eigenvalue weighted by atomic mass is 16.5. The van der Waals surface area contributed by atoms with Crippen LogP contribution in [-0.4, -0.2) is 38.3 Å². The average Bonchev–Trinajstić information content (AvgIpc) is 2.67. The Morgan fingerprint density at radius 1 is 1.39 bits per heavy atom. The van der Waals surface area contributed by atoms with Gasteiger partial charge in [0, 0.05) is 26.2 Å². The number of ether oxygens (including phenoxy) is 2. The van der Waals surface area contributed by atoms with Crippen molar-refractivity contribution in [2.75, 3.05) is 33.4 Å².